The summed E-state index contributed by atoms with van der Waals surface area (Å²) < 4.78 is 5.97. The second kappa shape index (κ2) is 9.83. The predicted molar refractivity (Wildman–Crippen MR) is 121 cm³/mol. The van der Waals surface area contributed by atoms with Crippen LogP contribution in [0, 0.1) is 18.3 Å². The predicted octanol–water partition coefficient (Wildman–Crippen LogP) is 4.48. The number of anilines is 1. The number of rotatable bonds is 6. The zero-order valence-corrected chi connectivity index (χ0v) is 18.9. The summed E-state index contributed by atoms with van der Waals surface area (Å²) in [6, 6.07) is 15.2. The van der Waals surface area contributed by atoms with E-state index in [0.717, 1.165) is 27.4 Å². The maximum absolute atomic E-state index is 12.4. The molecule has 6 nitrogen and oxygen atoms in total. The number of thioether (sulfide) groups is 1. The Bertz CT molecular complexity index is 1040. The van der Waals surface area contributed by atoms with Gasteiger partial charge in [-0.25, -0.2) is 0 Å². The highest BCUT2D eigenvalue weighted by Gasteiger charge is 2.30. The molecule has 1 aliphatic heterocycles. The van der Waals surface area contributed by atoms with Gasteiger partial charge in [-0.1, -0.05) is 30.0 Å². The number of methoxy groups -OCH3 is 1. The number of hydrogen-bond donors (Lipinski definition) is 2. The normalized spacial score (nSPS) is 15.9. The molecule has 0 bridgehead atoms. The first-order valence-electron chi connectivity index (χ1n) is 9.18. The second-order valence-corrected chi connectivity index (χ2v) is 8.59. The molecule has 0 aliphatic carbocycles. The Kier molecular flexibility index (Phi) is 7.19. The van der Waals surface area contributed by atoms with Crippen molar-refractivity contribution in [3.8, 4) is 11.8 Å². The van der Waals surface area contributed by atoms with Crippen LogP contribution in [0.5, 0.6) is 5.75 Å². The highest BCUT2D eigenvalue weighted by atomic mass is 79.9. The fourth-order valence-electron chi connectivity index (χ4n) is 3.10. The summed E-state index contributed by atoms with van der Waals surface area (Å²) in [4.78, 5) is 24.7. The van der Waals surface area contributed by atoms with E-state index in [4.69, 9.17) is 4.74 Å². The van der Waals surface area contributed by atoms with E-state index in [1.807, 2.05) is 37.3 Å². The third-order valence-corrected chi connectivity index (χ3v) is 6.29. The van der Waals surface area contributed by atoms with Gasteiger partial charge in [-0.3, -0.25) is 9.59 Å². The summed E-state index contributed by atoms with van der Waals surface area (Å²) in [6.07, 6.45) is 0.182. The number of halogens is 1. The summed E-state index contributed by atoms with van der Waals surface area (Å²) in [5, 5.41) is 15.7. The van der Waals surface area contributed by atoms with Crippen molar-refractivity contribution in [1.29, 1.82) is 5.26 Å². The summed E-state index contributed by atoms with van der Waals surface area (Å²) in [5.74, 6) is 0.00634. The average molecular weight is 486 g/mol. The molecule has 0 radical (unpaired) electrons. The molecule has 2 aromatic rings. The standard InChI is InChI=1S/C22H20BrN3O3S/c1-13-3-8-19(18(23)9-13)25-21(28)12-30-22-17(11-24)16(10-20(27)26-22)14-4-6-15(29-2)7-5-14/h3-9,16H,10,12H2,1-2H3,(H,25,28)(H,26,27)/t16-/m0/s1. The molecular formula is C22H20BrN3O3S. The molecule has 0 saturated carbocycles. The molecule has 154 valence electrons. The number of nitrogens with one attached hydrogen (secondary N) is 2. The van der Waals surface area contributed by atoms with Gasteiger partial charge >= 0.3 is 0 Å². The smallest absolute Gasteiger partial charge is 0.234 e. The molecule has 1 heterocycles. The molecule has 0 aromatic heterocycles. The van der Waals surface area contributed by atoms with Crippen LogP contribution in [0.15, 0.2) is 57.5 Å². The molecule has 2 aromatic carbocycles. The van der Waals surface area contributed by atoms with Crippen LogP contribution in [-0.4, -0.2) is 24.7 Å². The van der Waals surface area contributed by atoms with Crippen LogP contribution in [0.1, 0.15) is 23.5 Å². The van der Waals surface area contributed by atoms with Crippen LogP contribution in [0.25, 0.3) is 0 Å². The number of carbonyl (C=O) groups is 2. The molecule has 1 atom stereocenters. The molecular weight excluding hydrogens is 466 g/mol. The lowest BCUT2D eigenvalue weighted by Crippen LogP contribution is -2.31. The Balaban J connectivity index is 1.75. The second-order valence-electron chi connectivity index (χ2n) is 6.75. The van der Waals surface area contributed by atoms with Crippen molar-refractivity contribution < 1.29 is 14.3 Å². The molecule has 0 unspecified atom stereocenters. The van der Waals surface area contributed by atoms with E-state index in [9.17, 15) is 14.9 Å². The van der Waals surface area contributed by atoms with Gasteiger partial charge in [0.1, 0.15) is 5.75 Å². The van der Waals surface area contributed by atoms with Gasteiger partial charge in [-0.15, -0.1) is 0 Å². The number of nitriles is 1. The molecule has 30 heavy (non-hydrogen) atoms. The first kappa shape index (κ1) is 21.9. The van der Waals surface area contributed by atoms with Crippen LogP contribution in [0.3, 0.4) is 0 Å². The van der Waals surface area contributed by atoms with Gasteiger partial charge in [-0.05, 0) is 58.2 Å². The highest BCUT2D eigenvalue weighted by Crippen LogP contribution is 2.36. The molecule has 0 saturated heterocycles. The van der Waals surface area contributed by atoms with Crippen molar-refractivity contribution in [3.63, 3.8) is 0 Å². The van der Waals surface area contributed by atoms with E-state index in [1.54, 1.807) is 19.2 Å². The van der Waals surface area contributed by atoms with Crippen molar-refractivity contribution in [2.75, 3.05) is 18.2 Å². The first-order chi connectivity index (χ1) is 14.4. The van der Waals surface area contributed by atoms with E-state index >= 15 is 0 Å². The van der Waals surface area contributed by atoms with Crippen molar-refractivity contribution in [3.05, 3.63) is 68.7 Å². The minimum absolute atomic E-state index is 0.0659. The van der Waals surface area contributed by atoms with Gasteiger partial charge in [0.25, 0.3) is 0 Å². The van der Waals surface area contributed by atoms with Gasteiger partial charge < -0.3 is 15.4 Å². The Labute approximate surface area is 187 Å². The Morgan fingerprint density at radius 2 is 2.07 bits per heavy atom. The van der Waals surface area contributed by atoms with Gasteiger partial charge in [0.05, 0.1) is 35.2 Å². The lowest BCUT2D eigenvalue weighted by atomic mass is 9.87. The monoisotopic (exact) mass is 485 g/mol. The van der Waals surface area contributed by atoms with Crippen LogP contribution in [-0.2, 0) is 9.59 Å². The Hall–Kier alpha value is -2.76. The van der Waals surface area contributed by atoms with Crippen molar-refractivity contribution in [2.45, 2.75) is 19.3 Å². The van der Waals surface area contributed by atoms with Gasteiger partial charge in [0.15, 0.2) is 0 Å². The van der Waals surface area contributed by atoms with Crippen molar-refractivity contribution in [1.82, 2.24) is 5.32 Å². The number of hydrogen-bond acceptors (Lipinski definition) is 5. The quantitative estimate of drug-likeness (QED) is 0.629. The van der Waals surface area contributed by atoms with E-state index in [2.05, 4.69) is 32.6 Å². The highest BCUT2D eigenvalue weighted by molar-refractivity contribution is 9.10. The number of nitrogens with zero attached hydrogens (tertiary/aromatic N) is 1. The molecule has 3 rings (SSSR count). The summed E-state index contributed by atoms with van der Waals surface area (Å²) >= 11 is 4.59. The van der Waals surface area contributed by atoms with Crippen LogP contribution < -0.4 is 15.4 Å². The zero-order valence-electron chi connectivity index (χ0n) is 16.5. The van der Waals surface area contributed by atoms with Gasteiger partial charge in [0, 0.05) is 16.8 Å². The van der Waals surface area contributed by atoms with Crippen LogP contribution in [0.4, 0.5) is 5.69 Å². The molecule has 8 heteroatoms. The Morgan fingerprint density at radius 1 is 1.33 bits per heavy atom. The maximum atomic E-state index is 12.4. The molecule has 0 spiro atoms. The number of carbonyl (C=O) groups excluding carboxylic acids is 2. The minimum Gasteiger partial charge on any atom is -0.497 e. The number of allylic oxidation sites excluding steroid dienone is 1. The van der Waals surface area contributed by atoms with Gasteiger partial charge in [0.2, 0.25) is 11.8 Å². The summed E-state index contributed by atoms with van der Waals surface area (Å²) in [6.45, 7) is 1.97. The Morgan fingerprint density at radius 3 is 2.70 bits per heavy atom. The van der Waals surface area contributed by atoms with Crippen LogP contribution >= 0.6 is 27.7 Å². The molecule has 1 aliphatic rings. The average Bonchev–Trinajstić information content (AvgIpc) is 2.74. The summed E-state index contributed by atoms with van der Waals surface area (Å²) in [5.41, 5.74) is 3.06. The largest absolute Gasteiger partial charge is 0.497 e. The lowest BCUT2D eigenvalue weighted by molar-refractivity contribution is -0.121. The van der Waals surface area contributed by atoms with Crippen LogP contribution in [0.2, 0.25) is 0 Å². The summed E-state index contributed by atoms with van der Waals surface area (Å²) in [7, 11) is 1.58. The molecule has 0 fully saturated rings. The fourth-order valence-corrected chi connectivity index (χ4v) is 4.57. The maximum Gasteiger partial charge on any atom is 0.234 e. The zero-order chi connectivity index (χ0) is 21.7. The van der Waals surface area contributed by atoms with Crippen molar-refractivity contribution >= 4 is 45.2 Å². The minimum atomic E-state index is -0.355. The van der Waals surface area contributed by atoms with E-state index in [1.165, 1.54) is 0 Å². The van der Waals surface area contributed by atoms with Gasteiger partial charge in [-0.2, -0.15) is 5.26 Å². The molecule has 2 amide bonds. The number of amides is 2. The topological polar surface area (TPSA) is 91.2 Å². The molecule has 2 N–H and O–H groups in total. The van der Waals surface area contributed by atoms with Crippen molar-refractivity contribution in [2.24, 2.45) is 0 Å². The number of aryl methyl sites for hydroxylation is 1. The lowest BCUT2D eigenvalue weighted by Gasteiger charge is -2.25. The fraction of sp³-hybridized carbons (Fsp3) is 0.227. The number of ether oxygens (including phenoxy) is 1. The third-order valence-electron chi connectivity index (χ3n) is 4.62. The van der Waals surface area contributed by atoms with E-state index in [0.29, 0.717) is 22.0 Å². The van der Waals surface area contributed by atoms with E-state index in [-0.39, 0.29) is 29.9 Å². The third kappa shape index (κ3) is 5.23. The van der Waals surface area contributed by atoms with E-state index < -0.39 is 0 Å². The SMILES string of the molecule is COc1ccc([C@@H]2CC(=O)NC(SCC(=O)Nc3ccc(C)cc3Br)=C2C#N)cc1. The number of benzene rings is 2. The first-order valence-corrected chi connectivity index (χ1v) is 11.0.